The molecule has 1 unspecified atom stereocenters. The summed E-state index contributed by atoms with van der Waals surface area (Å²) >= 11 is 12.9. The van der Waals surface area contributed by atoms with Gasteiger partial charge in [0.1, 0.15) is 28.4 Å². The average Bonchev–Trinajstić information content (AvgIpc) is 3.31. The number of fused-ring (bicyclic) bond motifs is 3. The van der Waals surface area contributed by atoms with Crippen molar-refractivity contribution in [3.63, 3.8) is 0 Å². The molecular weight excluding hydrogens is 671 g/mol. The van der Waals surface area contributed by atoms with Crippen molar-refractivity contribution in [2.45, 2.75) is 18.8 Å². The molecule has 1 aromatic heterocycles. The molecule has 0 spiro atoms. The number of hydrogen-bond donors (Lipinski definition) is 1. The molecule has 2 heterocycles. The molecule has 1 aliphatic heterocycles. The van der Waals surface area contributed by atoms with Crippen LogP contribution in [0.2, 0.25) is 10.2 Å². The Hall–Kier alpha value is -4.81. The van der Waals surface area contributed by atoms with Crippen LogP contribution in [0.15, 0.2) is 72.9 Å². The first-order valence-corrected chi connectivity index (χ1v) is 14.4. The number of benzene rings is 4. The van der Waals surface area contributed by atoms with Gasteiger partial charge in [-0.2, -0.15) is 13.2 Å². The monoisotopic (exact) mass is 689 g/mol. The molecule has 47 heavy (non-hydrogen) atoms. The van der Waals surface area contributed by atoms with Crippen molar-refractivity contribution >= 4 is 51.5 Å². The van der Waals surface area contributed by atoms with Gasteiger partial charge in [0.05, 0.1) is 30.5 Å². The zero-order valence-corrected chi connectivity index (χ0v) is 25.4. The first-order valence-electron chi connectivity index (χ1n) is 13.7. The number of rotatable bonds is 6. The summed E-state index contributed by atoms with van der Waals surface area (Å²) in [6, 6.07) is 11.3. The maximum atomic E-state index is 15.5. The molecule has 0 radical (unpaired) electrons. The predicted octanol–water partition coefficient (Wildman–Crippen LogP) is 8.98. The van der Waals surface area contributed by atoms with Crippen LogP contribution in [0.1, 0.15) is 49.0 Å². The molecule has 0 saturated heterocycles. The lowest BCUT2D eigenvalue weighted by molar-refractivity contribution is -0.137. The van der Waals surface area contributed by atoms with E-state index < -0.39 is 52.6 Å². The first-order chi connectivity index (χ1) is 22.3. The van der Waals surface area contributed by atoms with Crippen LogP contribution in [-0.4, -0.2) is 28.8 Å². The molecule has 0 saturated carbocycles. The fourth-order valence-electron chi connectivity index (χ4n) is 5.60. The number of pyridine rings is 1. The Labute approximate surface area is 272 Å². The number of nitrogens with one attached hydrogen (secondary N) is 1. The van der Waals surface area contributed by atoms with E-state index in [9.17, 15) is 31.5 Å². The normalized spacial score (nSPS) is 14.4. The molecule has 6 rings (SSSR count). The van der Waals surface area contributed by atoms with E-state index in [-0.39, 0.29) is 55.9 Å². The molecular formula is C33H19Cl2F6N3O3. The van der Waals surface area contributed by atoms with Crippen molar-refractivity contribution in [1.82, 2.24) is 9.88 Å². The van der Waals surface area contributed by atoms with Gasteiger partial charge < -0.3 is 15.0 Å². The van der Waals surface area contributed by atoms with Crippen LogP contribution >= 0.6 is 23.2 Å². The Morgan fingerprint density at radius 1 is 0.979 bits per heavy atom. The number of carbonyl (C=O) groups is 2. The van der Waals surface area contributed by atoms with Crippen molar-refractivity contribution in [2.24, 2.45) is 0 Å². The maximum absolute atomic E-state index is 15.5. The van der Waals surface area contributed by atoms with Gasteiger partial charge in [0.2, 0.25) is 0 Å². The van der Waals surface area contributed by atoms with Crippen LogP contribution < -0.4 is 10.1 Å². The largest absolute Gasteiger partial charge is 0.497 e. The highest BCUT2D eigenvalue weighted by Crippen LogP contribution is 2.49. The SMILES string of the molecule is COc1ccc(CN2C(=O)c3c(c(NC(=O)c4cc(F)cc(C(F)(F)F)c4)cc4c(Cl)ncc(F)c34)C2c2cc(F)ccc2Cl)cc1. The molecule has 1 N–H and O–H groups in total. The van der Waals surface area contributed by atoms with E-state index >= 15 is 4.39 Å². The van der Waals surface area contributed by atoms with Gasteiger partial charge in [0.15, 0.2) is 0 Å². The lowest BCUT2D eigenvalue weighted by Crippen LogP contribution is -2.29. The van der Waals surface area contributed by atoms with Crippen LogP contribution in [0.5, 0.6) is 5.75 Å². The summed E-state index contributed by atoms with van der Waals surface area (Å²) in [5.41, 5.74) is -1.99. The van der Waals surface area contributed by atoms with E-state index in [0.29, 0.717) is 23.4 Å². The zero-order valence-electron chi connectivity index (χ0n) is 23.9. The van der Waals surface area contributed by atoms with Gasteiger partial charge in [0, 0.05) is 44.7 Å². The number of amides is 2. The summed E-state index contributed by atoms with van der Waals surface area (Å²) in [5, 5.41) is 1.83. The second-order valence-electron chi connectivity index (χ2n) is 10.6. The number of halogens is 8. The molecule has 5 aromatic rings. The highest BCUT2D eigenvalue weighted by atomic mass is 35.5. The van der Waals surface area contributed by atoms with E-state index in [2.05, 4.69) is 10.3 Å². The Bertz CT molecular complexity index is 2090. The van der Waals surface area contributed by atoms with Crippen LogP contribution in [-0.2, 0) is 12.7 Å². The molecule has 1 aliphatic rings. The highest BCUT2D eigenvalue weighted by Gasteiger charge is 2.43. The summed E-state index contributed by atoms with van der Waals surface area (Å²) in [6.45, 7) is -0.122. The van der Waals surface area contributed by atoms with Crippen LogP contribution in [0.3, 0.4) is 0 Å². The van der Waals surface area contributed by atoms with Gasteiger partial charge >= 0.3 is 6.18 Å². The Balaban J connectivity index is 1.59. The predicted molar refractivity (Wildman–Crippen MR) is 162 cm³/mol. The van der Waals surface area contributed by atoms with Gasteiger partial charge in [-0.05, 0) is 60.2 Å². The van der Waals surface area contributed by atoms with Crippen molar-refractivity contribution in [3.05, 3.63) is 134 Å². The fraction of sp³-hybridized carbons (Fsp3) is 0.121. The third-order valence-corrected chi connectivity index (χ3v) is 8.33. The standard InChI is InChI=1S/C33H19Cl2F6N3O3/c1-47-20-5-2-15(3-6-20)14-44-29(21-11-18(36)4-7-23(21)34)27-25(12-22-26(28(27)32(44)46)24(38)13-42-30(22)35)43-31(45)16-8-17(33(39,40)41)10-19(37)9-16/h2-13,29H,14H2,1H3,(H,43,45). The summed E-state index contributed by atoms with van der Waals surface area (Å²) in [4.78, 5) is 32.8. The second-order valence-corrected chi connectivity index (χ2v) is 11.3. The number of aromatic nitrogens is 1. The van der Waals surface area contributed by atoms with Crippen molar-refractivity contribution in [1.29, 1.82) is 0 Å². The molecule has 240 valence electrons. The lowest BCUT2D eigenvalue weighted by atomic mass is 9.92. The molecule has 14 heteroatoms. The molecule has 1 atom stereocenters. The topological polar surface area (TPSA) is 71.5 Å². The summed E-state index contributed by atoms with van der Waals surface area (Å²) in [6.07, 6.45) is -4.16. The van der Waals surface area contributed by atoms with Crippen molar-refractivity contribution in [2.75, 3.05) is 12.4 Å². The smallest absolute Gasteiger partial charge is 0.416 e. The minimum Gasteiger partial charge on any atom is -0.497 e. The minimum absolute atomic E-state index is 0.0161. The number of nitrogens with zero attached hydrogens (tertiary/aromatic N) is 2. The van der Waals surface area contributed by atoms with Gasteiger partial charge in [0.25, 0.3) is 11.8 Å². The number of methoxy groups -OCH3 is 1. The molecule has 4 aromatic carbocycles. The Morgan fingerprint density at radius 3 is 2.38 bits per heavy atom. The van der Waals surface area contributed by atoms with Crippen LogP contribution in [0, 0.1) is 17.5 Å². The van der Waals surface area contributed by atoms with Crippen LogP contribution in [0.25, 0.3) is 10.8 Å². The van der Waals surface area contributed by atoms with E-state index in [1.54, 1.807) is 24.3 Å². The third-order valence-electron chi connectivity index (χ3n) is 7.68. The van der Waals surface area contributed by atoms with Crippen molar-refractivity contribution in [3.8, 4) is 5.75 Å². The van der Waals surface area contributed by atoms with E-state index in [4.69, 9.17) is 27.9 Å². The number of anilines is 1. The van der Waals surface area contributed by atoms with Gasteiger partial charge in [-0.25, -0.2) is 18.2 Å². The van der Waals surface area contributed by atoms with Gasteiger partial charge in [-0.3, -0.25) is 9.59 Å². The Kier molecular flexibility index (Phi) is 8.27. The quantitative estimate of drug-likeness (QED) is 0.143. The first kappa shape index (κ1) is 32.1. The molecule has 2 amide bonds. The number of hydrogen-bond acceptors (Lipinski definition) is 4. The zero-order chi connectivity index (χ0) is 33.8. The van der Waals surface area contributed by atoms with Crippen molar-refractivity contribution < 1.29 is 40.7 Å². The van der Waals surface area contributed by atoms with Gasteiger partial charge in [-0.15, -0.1) is 0 Å². The summed E-state index contributed by atoms with van der Waals surface area (Å²) in [5.74, 6) is -4.41. The third kappa shape index (κ3) is 5.94. The number of alkyl halides is 3. The lowest BCUT2D eigenvalue weighted by Gasteiger charge is -2.28. The van der Waals surface area contributed by atoms with E-state index in [1.165, 1.54) is 24.1 Å². The fourth-order valence-corrected chi connectivity index (χ4v) is 6.02. The maximum Gasteiger partial charge on any atom is 0.416 e. The molecule has 0 aliphatic carbocycles. The minimum atomic E-state index is -4.97. The summed E-state index contributed by atoms with van der Waals surface area (Å²) in [7, 11) is 1.47. The summed E-state index contributed by atoms with van der Waals surface area (Å²) < 4.78 is 90.0. The molecule has 6 nitrogen and oxygen atoms in total. The van der Waals surface area contributed by atoms with E-state index in [1.807, 2.05) is 0 Å². The number of ether oxygens (including phenoxy) is 1. The average molecular weight is 690 g/mol. The number of carbonyl (C=O) groups excluding carboxylic acids is 2. The molecule has 0 fully saturated rings. The van der Waals surface area contributed by atoms with E-state index in [0.717, 1.165) is 18.3 Å². The Morgan fingerprint density at radius 2 is 1.70 bits per heavy atom. The molecule has 0 bridgehead atoms. The van der Waals surface area contributed by atoms with Gasteiger partial charge in [-0.1, -0.05) is 35.3 Å². The second kappa shape index (κ2) is 12.1. The highest BCUT2D eigenvalue weighted by molar-refractivity contribution is 6.35. The van der Waals surface area contributed by atoms with Crippen LogP contribution in [0.4, 0.5) is 32.0 Å².